The summed E-state index contributed by atoms with van der Waals surface area (Å²) in [7, 11) is -2.20. The molecule has 0 saturated heterocycles. The van der Waals surface area contributed by atoms with Crippen LogP contribution >= 0.6 is 46.7 Å². The monoisotopic (exact) mass is 554 g/mol. The molecule has 1 N–H and O–H groups in total. The highest BCUT2D eigenvalue weighted by atomic mass is 35.5. The van der Waals surface area contributed by atoms with Crippen LogP contribution in [0.15, 0.2) is 76.5 Å². The number of carbonyl (C=O) groups excluding carboxylic acids is 1. The average molecular weight is 556 g/mol. The van der Waals surface area contributed by atoms with Crippen LogP contribution in [0.25, 0.3) is 0 Å². The number of halogens is 2. The molecule has 3 rings (SSSR count). The maximum absolute atomic E-state index is 12.9. The number of anilines is 1. The largest absolute Gasteiger partial charge is 0.351 e. The molecule has 0 aliphatic heterocycles. The van der Waals surface area contributed by atoms with E-state index in [0.717, 1.165) is 22.0 Å². The lowest BCUT2D eigenvalue weighted by atomic mass is 10.2. The summed E-state index contributed by atoms with van der Waals surface area (Å²) < 4.78 is 27.0. The zero-order chi connectivity index (χ0) is 24.7. The first-order valence-electron chi connectivity index (χ1n) is 10.3. The molecule has 34 heavy (non-hydrogen) atoms. The number of thioether (sulfide) groups is 2. The van der Waals surface area contributed by atoms with Gasteiger partial charge in [-0.05, 0) is 72.5 Å². The Balaban J connectivity index is 1.51. The molecule has 3 aromatic rings. The molecular formula is C24H24Cl2N2O3S3. The molecule has 0 saturated carbocycles. The van der Waals surface area contributed by atoms with E-state index in [0.29, 0.717) is 27.8 Å². The molecule has 0 aliphatic carbocycles. The van der Waals surface area contributed by atoms with Crippen LogP contribution in [0, 0.1) is 0 Å². The molecule has 0 aromatic heterocycles. The van der Waals surface area contributed by atoms with E-state index in [1.165, 1.54) is 11.4 Å². The molecule has 0 bridgehead atoms. The predicted octanol–water partition coefficient (Wildman–Crippen LogP) is 6.20. The normalized spacial score (nSPS) is 11.3. The molecule has 0 aliphatic rings. The zero-order valence-electron chi connectivity index (χ0n) is 18.6. The van der Waals surface area contributed by atoms with Gasteiger partial charge >= 0.3 is 0 Å². The lowest BCUT2D eigenvalue weighted by Crippen LogP contribution is -2.27. The first-order chi connectivity index (χ1) is 16.2. The van der Waals surface area contributed by atoms with Gasteiger partial charge in [0.2, 0.25) is 0 Å². The minimum atomic E-state index is -3.69. The van der Waals surface area contributed by atoms with Gasteiger partial charge in [0, 0.05) is 35.6 Å². The number of rotatable bonds is 10. The second kappa shape index (κ2) is 12.2. The molecule has 1 amide bonds. The fourth-order valence-electron chi connectivity index (χ4n) is 3.03. The predicted molar refractivity (Wildman–Crippen MR) is 145 cm³/mol. The molecule has 0 fully saturated rings. The summed E-state index contributed by atoms with van der Waals surface area (Å²) in [5, 5.41) is 3.94. The maximum Gasteiger partial charge on any atom is 0.264 e. The molecule has 0 radical (unpaired) electrons. The number of hydrogen-bond donors (Lipinski definition) is 1. The number of sulfonamides is 1. The molecule has 0 heterocycles. The summed E-state index contributed by atoms with van der Waals surface area (Å²) >= 11 is 15.2. The number of nitrogens with one attached hydrogen (secondary N) is 1. The van der Waals surface area contributed by atoms with Gasteiger partial charge in [-0.1, -0.05) is 29.3 Å². The number of carbonyl (C=O) groups is 1. The number of benzene rings is 3. The second-order valence-corrected chi connectivity index (χ2v) is 12.0. The average Bonchev–Trinajstić information content (AvgIpc) is 2.85. The SMILES string of the molecule is CSc1ccc(S(=O)(=O)N(C)c2ccc(C(=O)NCCSCc3ccc(Cl)c(Cl)c3)cc2)cc1. The highest BCUT2D eigenvalue weighted by molar-refractivity contribution is 7.98. The van der Waals surface area contributed by atoms with Gasteiger partial charge < -0.3 is 5.32 Å². The van der Waals surface area contributed by atoms with Crippen LogP contribution in [0.5, 0.6) is 0 Å². The summed E-state index contributed by atoms with van der Waals surface area (Å²) in [6.45, 7) is 0.507. The lowest BCUT2D eigenvalue weighted by Gasteiger charge is -2.20. The van der Waals surface area contributed by atoms with E-state index in [-0.39, 0.29) is 10.8 Å². The van der Waals surface area contributed by atoms with Gasteiger partial charge in [-0.15, -0.1) is 11.8 Å². The van der Waals surface area contributed by atoms with E-state index in [2.05, 4.69) is 5.32 Å². The maximum atomic E-state index is 12.9. The van der Waals surface area contributed by atoms with Gasteiger partial charge in [0.25, 0.3) is 15.9 Å². The summed E-state index contributed by atoms with van der Waals surface area (Å²) in [4.78, 5) is 13.6. The minimum Gasteiger partial charge on any atom is -0.351 e. The van der Waals surface area contributed by atoms with Gasteiger partial charge in [0.15, 0.2) is 0 Å². The van der Waals surface area contributed by atoms with Crippen molar-refractivity contribution >= 4 is 68.3 Å². The van der Waals surface area contributed by atoms with Crippen LogP contribution in [-0.2, 0) is 15.8 Å². The van der Waals surface area contributed by atoms with Gasteiger partial charge in [-0.2, -0.15) is 11.8 Å². The molecule has 0 atom stereocenters. The third kappa shape index (κ3) is 6.86. The zero-order valence-corrected chi connectivity index (χ0v) is 22.6. The summed E-state index contributed by atoms with van der Waals surface area (Å²) in [5.41, 5.74) is 2.01. The van der Waals surface area contributed by atoms with Crippen LogP contribution in [0.2, 0.25) is 10.0 Å². The molecule has 0 spiro atoms. The van der Waals surface area contributed by atoms with Crippen molar-refractivity contribution in [2.24, 2.45) is 0 Å². The molecular weight excluding hydrogens is 531 g/mol. The Hall–Kier alpha value is -1.84. The standard InChI is InChI=1S/C24H24Cl2N2O3S3/c1-28(34(30,31)21-10-8-20(32-2)9-11-21)19-6-4-18(5-7-19)24(29)27-13-14-33-16-17-3-12-22(25)23(26)15-17/h3-12,15H,13-14,16H2,1-2H3,(H,27,29). The minimum absolute atomic E-state index is 0.208. The van der Waals surface area contributed by atoms with E-state index in [4.69, 9.17) is 23.2 Å². The van der Waals surface area contributed by atoms with E-state index in [1.54, 1.807) is 78.1 Å². The molecule has 3 aromatic carbocycles. The van der Waals surface area contributed by atoms with Gasteiger partial charge in [0.1, 0.15) is 0 Å². The quantitative estimate of drug-likeness (QED) is 0.238. The highest BCUT2D eigenvalue weighted by Gasteiger charge is 2.21. The first kappa shape index (κ1) is 26.8. The summed E-state index contributed by atoms with van der Waals surface area (Å²) in [6, 6.07) is 18.8. The van der Waals surface area contributed by atoms with Crippen molar-refractivity contribution in [1.82, 2.24) is 5.32 Å². The molecule has 10 heteroatoms. The number of hydrogen-bond acceptors (Lipinski definition) is 5. The highest BCUT2D eigenvalue weighted by Crippen LogP contribution is 2.25. The Bertz CT molecular complexity index is 1240. The van der Waals surface area contributed by atoms with E-state index in [1.807, 2.05) is 18.4 Å². The Morgan fingerprint density at radius 2 is 1.65 bits per heavy atom. The van der Waals surface area contributed by atoms with Crippen LogP contribution in [0.1, 0.15) is 15.9 Å². The fourth-order valence-corrected chi connectivity index (χ4v) is 5.76. The van der Waals surface area contributed by atoms with Gasteiger partial charge in [0.05, 0.1) is 20.6 Å². The topological polar surface area (TPSA) is 66.5 Å². The van der Waals surface area contributed by atoms with Crippen LogP contribution in [-0.4, -0.2) is 39.9 Å². The van der Waals surface area contributed by atoms with Crippen LogP contribution < -0.4 is 9.62 Å². The Labute approximate surface area is 219 Å². The van der Waals surface area contributed by atoms with Crippen molar-refractivity contribution in [3.05, 3.63) is 87.9 Å². The number of amides is 1. The Morgan fingerprint density at radius 1 is 0.971 bits per heavy atom. The molecule has 180 valence electrons. The third-order valence-electron chi connectivity index (χ3n) is 5.00. The molecule has 0 unspecified atom stereocenters. The van der Waals surface area contributed by atoms with E-state index < -0.39 is 10.0 Å². The van der Waals surface area contributed by atoms with Crippen molar-refractivity contribution in [3.63, 3.8) is 0 Å². The van der Waals surface area contributed by atoms with E-state index in [9.17, 15) is 13.2 Å². The van der Waals surface area contributed by atoms with Crippen molar-refractivity contribution < 1.29 is 13.2 Å². The summed E-state index contributed by atoms with van der Waals surface area (Å²) in [6.07, 6.45) is 1.93. The first-order valence-corrected chi connectivity index (χ1v) is 14.8. The Kier molecular flexibility index (Phi) is 9.62. The second-order valence-electron chi connectivity index (χ2n) is 7.25. The third-order valence-corrected chi connectivity index (χ3v) is 9.31. The fraction of sp³-hybridized carbons (Fsp3) is 0.208. The lowest BCUT2D eigenvalue weighted by molar-refractivity contribution is 0.0956. The summed E-state index contributed by atoms with van der Waals surface area (Å²) in [5.74, 6) is 1.29. The van der Waals surface area contributed by atoms with Crippen molar-refractivity contribution in [2.75, 3.05) is 29.9 Å². The van der Waals surface area contributed by atoms with Gasteiger partial charge in [-0.3, -0.25) is 9.10 Å². The smallest absolute Gasteiger partial charge is 0.264 e. The number of nitrogens with zero attached hydrogens (tertiary/aromatic N) is 1. The van der Waals surface area contributed by atoms with Crippen molar-refractivity contribution in [3.8, 4) is 0 Å². The van der Waals surface area contributed by atoms with Crippen LogP contribution in [0.4, 0.5) is 5.69 Å². The Morgan fingerprint density at radius 3 is 2.26 bits per heavy atom. The van der Waals surface area contributed by atoms with Crippen molar-refractivity contribution in [2.45, 2.75) is 15.5 Å². The van der Waals surface area contributed by atoms with Crippen LogP contribution in [0.3, 0.4) is 0 Å². The van der Waals surface area contributed by atoms with Crippen molar-refractivity contribution in [1.29, 1.82) is 0 Å². The van der Waals surface area contributed by atoms with Gasteiger partial charge in [-0.25, -0.2) is 8.42 Å². The molecule has 5 nitrogen and oxygen atoms in total. The van der Waals surface area contributed by atoms with E-state index >= 15 is 0 Å².